The van der Waals surface area contributed by atoms with Crippen molar-refractivity contribution in [2.75, 3.05) is 32.5 Å². The van der Waals surface area contributed by atoms with E-state index in [0.717, 1.165) is 45.3 Å². The zero-order chi connectivity index (χ0) is 18.5. The van der Waals surface area contributed by atoms with E-state index in [2.05, 4.69) is 44.4 Å². The summed E-state index contributed by atoms with van der Waals surface area (Å²) in [6.45, 7) is 3.06. The molecule has 0 bridgehead atoms. The van der Waals surface area contributed by atoms with Gasteiger partial charge in [0.05, 0.1) is 12.7 Å². The van der Waals surface area contributed by atoms with E-state index < -0.39 is 0 Å². The molecule has 3 N–H and O–H groups in total. The minimum Gasteiger partial charge on any atom is -0.496 e. The second kappa shape index (κ2) is 8.73. The van der Waals surface area contributed by atoms with Crippen molar-refractivity contribution in [2.45, 2.75) is 31.7 Å². The second-order valence-electron chi connectivity index (χ2n) is 6.87. The second-order valence-corrected chi connectivity index (χ2v) is 7.73. The highest BCUT2D eigenvalue weighted by atomic mass is 79.9. The Labute approximate surface area is 163 Å². The Morgan fingerprint density at radius 1 is 1.35 bits per heavy atom. The van der Waals surface area contributed by atoms with Gasteiger partial charge in [0.25, 0.3) is 5.91 Å². The van der Waals surface area contributed by atoms with Crippen molar-refractivity contribution in [1.82, 2.24) is 10.2 Å². The van der Waals surface area contributed by atoms with Crippen molar-refractivity contribution in [3.05, 3.63) is 46.0 Å². The summed E-state index contributed by atoms with van der Waals surface area (Å²) in [7, 11) is 1.55. The third-order valence-corrected chi connectivity index (χ3v) is 5.69. The number of hydrogen-bond acceptors (Lipinski definition) is 4. The van der Waals surface area contributed by atoms with Crippen LogP contribution in [0, 0.1) is 0 Å². The van der Waals surface area contributed by atoms with Crippen LogP contribution in [0.3, 0.4) is 0 Å². The topological polar surface area (TPSA) is 67.6 Å². The molecule has 1 aromatic carbocycles. The Kier molecular flexibility index (Phi) is 6.38. The van der Waals surface area contributed by atoms with Crippen molar-refractivity contribution >= 4 is 27.5 Å². The lowest BCUT2D eigenvalue weighted by Gasteiger charge is -2.33. The van der Waals surface area contributed by atoms with Crippen LogP contribution < -0.4 is 15.8 Å². The molecule has 1 saturated heterocycles. The number of anilines is 1. The number of likely N-dealkylation sites (tertiary alicyclic amines) is 1. The van der Waals surface area contributed by atoms with E-state index in [4.69, 9.17) is 10.5 Å². The summed E-state index contributed by atoms with van der Waals surface area (Å²) in [5, 5.41) is 3.15. The molecule has 1 aromatic rings. The number of carbonyl (C=O) groups is 1. The fourth-order valence-corrected chi connectivity index (χ4v) is 3.82. The lowest BCUT2D eigenvalue weighted by Crippen LogP contribution is -2.45. The molecule has 0 radical (unpaired) electrons. The van der Waals surface area contributed by atoms with Crippen molar-refractivity contribution < 1.29 is 9.53 Å². The standard InChI is InChI=1S/C20H26BrN3O2/c1-26-19-12-18(22)17(21)11-16(19)20(25)23-15-7-9-24(10-8-15)13-14-5-3-2-4-6-14/h2-3,6,11-12,15H,4-5,7-10,13,22H2,1H3,(H,23,25). The first-order valence-electron chi connectivity index (χ1n) is 9.06. The maximum absolute atomic E-state index is 12.7. The van der Waals surface area contributed by atoms with Crippen molar-refractivity contribution in [2.24, 2.45) is 0 Å². The van der Waals surface area contributed by atoms with Crippen LogP contribution in [0.2, 0.25) is 0 Å². The van der Waals surface area contributed by atoms with Gasteiger partial charge in [-0.25, -0.2) is 0 Å². The molecule has 0 atom stereocenters. The molecule has 1 heterocycles. The fraction of sp³-hybridized carbons (Fsp3) is 0.450. The van der Waals surface area contributed by atoms with Gasteiger partial charge in [-0.2, -0.15) is 0 Å². The van der Waals surface area contributed by atoms with E-state index in [0.29, 0.717) is 21.5 Å². The van der Waals surface area contributed by atoms with Crippen molar-refractivity contribution in [1.29, 1.82) is 0 Å². The Morgan fingerprint density at radius 2 is 2.12 bits per heavy atom. The lowest BCUT2D eigenvalue weighted by molar-refractivity contribution is 0.0910. The average molecular weight is 420 g/mol. The van der Waals surface area contributed by atoms with Crippen LogP contribution in [0.4, 0.5) is 5.69 Å². The number of nitrogens with two attached hydrogens (primary N) is 1. The van der Waals surface area contributed by atoms with Crippen LogP contribution in [0.15, 0.2) is 40.4 Å². The average Bonchev–Trinajstić information content (AvgIpc) is 2.66. The largest absolute Gasteiger partial charge is 0.496 e. The number of hydrogen-bond donors (Lipinski definition) is 2. The number of nitrogens with one attached hydrogen (secondary N) is 1. The molecule has 1 aliphatic carbocycles. The summed E-state index contributed by atoms with van der Waals surface area (Å²) < 4.78 is 6.01. The molecular formula is C20H26BrN3O2. The van der Waals surface area contributed by atoms with Crippen molar-refractivity contribution in [3.63, 3.8) is 0 Å². The maximum atomic E-state index is 12.7. The number of carbonyl (C=O) groups excluding carboxylic acids is 1. The van der Waals surface area contributed by atoms with Gasteiger partial charge in [0.15, 0.2) is 0 Å². The quantitative estimate of drug-likeness (QED) is 0.565. The zero-order valence-corrected chi connectivity index (χ0v) is 16.7. The smallest absolute Gasteiger partial charge is 0.255 e. The number of nitrogens with zero attached hydrogens (tertiary/aromatic N) is 1. The summed E-state index contributed by atoms with van der Waals surface area (Å²) in [5.74, 6) is 0.388. The summed E-state index contributed by atoms with van der Waals surface area (Å²) in [6, 6.07) is 3.59. The van der Waals surface area contributed by atoms with Gasteiger partial charge in [-0.05, 0) is 47.7 Å². The Balaban J connectivity index is 1.53. The molecule has 0 unspecified atom stereocenters. The predicted octanol–water partition coefficient (Wildman–Crippen LogP) is 3.51. The van der Waals surface area contributed by atoms with Crippen LogP contribution in [-0.2, 0) is 0 Å². The number of amides is 1. The molecule has 6 heteroatoms. The maximum Gasteiger partial charge on any atom is 0.255 e. The van der Waals surface area contributed by atoms with Gasteiger partial charge in [0.1, 0.15) is 5.75 Å². The highest BCUT2D eigenvalue weighted by molar-refractivity contribution is 9.10. The van der Waals surface area contributed by atoms with Gasteiger partial charge in [0.2, 0.25) is 0 Å². The number of ether oxygens (including phenoxy) is 1. The third kappa shape index (κ3) is 4.68. The summed E-state index contributed by atoms with van der Waals surface area (Å²) in [5.41, 5.74) is 8.44. The van der Waals surface area contributed by atoms with Crippen LogP contribution in [-0.4, -0.2) is 43.6 Å². The molecule has 140 valence electrons. The Morgan fingerprint density at radius 3 is 2.77 bits per heavy atom. The monoisotopic (exact) mass is 419 g/mol. The number of rotatable bonds is 5. The Hall–Kier alpha value is -1.79. The molecule has 0 aromatic heterocycles. The number of nitrogen functional groups attached to an aromatic ring is 1. The van der Waals surface area contributed by atoms with E-state index in [-0.39, 0.29) is 11.9 Å². The third-order valence-electron chi connectivity index (χ3n) is 5.00. The van der Waals surface area contributed by atoms with Gasteiger partial charge in [0, 0.05) is 41.9 Å². The zero-order valence-electron chi connectivity index (χ0n) is 15.1. The first-order valence-corrected chi connectivity index (χ1v) is 9.85. The van der Waals surface area contributed by atoms with E-state index in [1.165, 1.54) is 5.57 Å². The molecule has 26 heavy (non-hydrogen) atoms. The number of allylic oxidation sites excluding steroid dienone is 3. The van der Waals surface area contributed by atoms with Gasteiger partial charge in [-0.15, -0.1) is 0 Å². The molecule has 1 amide bonds. The first-order chi connectivity index (χ1) is 12.6. The van der Waals surface area contributed by atoms with E-state index in [9.17, 15) is 4.79 Å². The van der Waals surface area contributed by atoms with E-state index in [1.807, 2.05) is 0 Å². The molecule has 5 nitrogen and oxygen atoms in total. The highest BCUT2D eigenvalue weighted by Gasteiger charge is 2.23. The van der Waals surface area contributed by atoms with Crippen LogP contribution >= 0.6 is 15.9 Å². The van der Waals surface area contributed by atoms with Gasteiger partial charge < -0.3 is 15.8 Å². The molecule has 1 aliphatic heterocycles. The Bertz CT molecular complexity index is 722. The van der Waals surface area contributed by atoms with Crippen LogP contribution in [0.5, 0.6) is 5.75 Å². The minimum absolute atomic E-state index is 0.110. The summed E-state index contributed by atoms with van der Waals surface area (Å²) in [4.78, 5) is 15.2. The van der Waals surface area contributed by atoms with Gasteiger partial charge in [-0.3, -0.25) is 9.69 Å². The molecule has 0 saturated carbocycles. The van der Waals surface area contributed by atoms with E-state index >= 15 is 0 Å². The van der Waals surface area contributed by atoms with E-state index in [1.54, 1.807) is 19.2 Å². The van der Waals surface area contributed by atoms with Crippen LogP contribution in [0.1, 0.15) is 36.0 Å². The first kappa shape index (κ1) is 19.0. The highest BCUT2D eigenvalue weighted by Crippen LogP contribution is 2.29. The van der Waals surface area contributed by atoms with Crippen LogP contribution in [0.25, 0.3) is 0 Å². The summed E-state index contributed by atoms with van der Waals surface area (Å²) >= 11 is 3.38. The SMILES string of the molecule is COc1cc(N)c(Br)cc1C(=O)NC1CCN(CC2=CCC=CC2)CC1. The molecule has 0 spiro atoms. The number of piperidine rings is 1. The number of methoxy groups -OCH3 is 1. The molecular weight excluding hydrogens is 394 g/mol. The number of benzene rings is 1. The van der Waals surface area contributed by atoms with Crippen molar-refractivity contribution in [3.8, 4) is 5.75 Å². The van der Waals surface area contributed by atoms with Gasteiger partial charge in [-0.1, -0.05) is 23.8 Å². The lowest BCUT2D eigenvalue weighted by atomic mass is 10.0. The fourth-order valence-electron chi connectivity index (χ4n) is 3.48. The molecule has 1 fully saturated rings. The minimum atomic E-state index is -0.110. The van der Waals surface area contributed by atoms with Gasteiger partial charge >= 0.3 is 0 Å². The molecule has 2 aliphatic rings. The summed E-state index contributed by atoms with van der Waals surface area (Å²) in [6.07, 6.45) is 10.9. The normalized spacial score (nSPS) is 18.5. The predicted molar refractivity (Wildman–Crippen MR) is 108 cm³/mol. The number of halogens is 1. The molecule has 3 rings (SSSR count).